The first-order chi connectivity index (χ1) is 9.13. The fraction of sp³-hybridized carbons (Fsp3) is 0.0714. The highest BCUT2D eigenvalue weighted by atomic mass is 16.4. The fourth-order valence-electron chi connectivity index (χ4n) is 1.83. The number of hydrogen-bond acceptors (Lipinski definition) is 3. The van der Waals surface area contributed by atoms with Gasteiger partial charge in [0.2, 0.25) is 0 Å². The molecule has 0 bridgehead atoms. The molecule has 2 aromatic rings. The van der Waals surface area contributed by atoms with Gasteiger partial charge in [-0.2, -0.15) is 10.5 Å². The van der Waals surface area contributed by atoms with Crippen LogP contribution >= 0.6 is 0 Å². The zero-order valence-corrected chi connectivity index (χ0v) is 9.87. The average Bonchev–Trinajstić information content (AvgIpc) is 2.81. The second-order valence-electron chi connectivity index (χ2n) is 3.96. The van der Waals surface area contributed by atoms with Crippen molar-refractivity contribution in [1.82, 2.24) is 4.57 Å². The minimum atomic E-state index is -0.975. The molecular formula is C14H9N3O2. The summed E-state index contributed by atoms with van der Waals surface area (Å²) in [6.45, 7) is -0.202. The summed E-state index contributed by atoms with van der Waals surface area (Å²) in [5.41, 5.74) is 2.23. The third kappa shape index (κ3) is 2.62. The van der Waals surface area contributed by atoms with E-state index >= 15 is 0 Å². The molecule has 1 aromatic carbocycles. The molecule has 1 heterocycles. The topological polar surface area (TPSA) is 89.8 Å². The Morgan fingerprint density at radius 2 is 2.05 bits per heavy atom. The van der Waals surface area contributed by atoms with E-state index in [2.05, 4.69) is 0 Å². The normalized spacial score (nSPS) is 9.58. The number of rotatable bonds is 3. The van der Waals surface area contributed by atoms with Crippen LogP contribution in [0.1, 0.15) is 11.1 Å². The van der Waals surface area contributed by atoms with E-state index < -0.39 is 5.97 Å². The lowest BCUT2D eigenvalue weighted by molar-refractivity contribution is -0.137. The van der Waals surface area contributed by atoms with Crippen molar-refractivity contribution < 1.29 is 9.90 Å². The lowest BCUT2D eigenvalue weighted by Crippen LogP contribution is -2.06. The van der Waals surface area contributed by atoms with Gasteiger partial charge in [-0.25, -0.2) is 0 Å². The number of nitrogens with zero attached hydrogens (tertiary/aromatic N) is 3. The largest absolute Gasteiger partial charge is 0.480 e. The Labute approximate surface area is 109 Å². The Kier molecular flexibility index (Phi) is 3.31. The summed E-state index contributed by atoms with van der Waals surface area (Å²) in [4.78, 5) is 10.7. The highest BCUT2D eigenvalue weighted by Gasteiger charge is 2.10. The van der Waals surface area contributed by atoms with Crippen molar-refractivity contribution >= 4 is 5.97 Å². The molecule has 1 aromatic heterocycles. The van der Waals surface area contributed by atoms with E-state index in [1.54, 1.807) is 30.5 Å². The Morgan fingerprint density at radius 3 is 2.68 bits per heavy atom. The summed E-state index contributed by atoms with van der Waals surface area (Å²) in [5.74, 6) is -0.975. The number of aliphatic carboxylic acids is 1. The van der Waals surface area contributed by atoms with Crippen LogP contribution in [0, 0.1) is 22.7 Å². The van der Waals surface area contributed by atoms with Crippen LogP contribution in [0.5, 0.6) is 0 Å². The monoisotopic (exact) mass is 251 g/mol. The number of carboxylic acids is 1. The van der Waals surface area contributed by atoms with Crippen LogP contribution in [0.4, 0.5) is 0 Å². The van der Waals surface area contributed by atoms with Crippen molar-refractivity contribution in [2.75, 3.05) is 0 Å². The van der Waals surface area contributed by atoms with Gasteiger partial charge in [0, 0.05) is 18.0 Å². The van der Waals surface area contributed by atoms with E-state index in [-0.39, 0.29) is 6.54 Å². The van der Waals surface area contributed by atoms with Crippen molar-refractivity contribution in [1.29, 1.82) is 10.5 Å². The van der Waals surface area contributed by atoms with Gasteiger partial charge >= 0.3 is 5.97 Å². The van der Waals surface area contributed by atoms with Crippen LogP contribution in [0.25, 0.3) is 11.1 Å². The number of hydrogen-bond donors (Lipinski definition) is 1. The maximum atomic E-state index is 10.7. The summed E-state index contributed by atoms with van der Waals surface area (Å²) < 4.78 is 1.44. The molecular weight excluding hydrogens is 242 g/mol. The molecule has 1 N–H and O–H groups in total. The van der Waals surface area contributed by atoms with Gasteiger partial charge in [0.15, 0.2) is 0 Å². The molecule has 0 aliphatic rings. The Hall–Kier alpha value is -3.05. The molecule has 0 fully saturated rings. The number of aromatic nitrogens is 1. The first kappa shape index (κ1) is 12.4. The molecule has 2 rings (SSSR count). The van der Waals surface area contributed by atoms with E-state index in [0.29, 0.717) is 16.7 Å². The zero-order chi connectivity index (χ0) is 13.8. The molecule has 19 heavy (non-hydrogen) atoms. The third-order valence-corrected chi connectivity index (χ3v) is 2.62. The molecule has 0 unspecified atom stereocenters. The van der Waals surface area contributed by atoms with Crippen molar-refractivity contribution in [3.05, 3.63) is 47.8 Å². The first-order valence-electron chi connectivity index (χ1n) is 5.46. The number of carboxylic acid groups (broad SMARTS) is 1. The lowest BCUT2D eigenvalue weighted by atomic mass is 10.0. The summed E-state index contributed by atoms with van der Waals surface area (Å²) in [7, 11) is 0. The molecule has 0 aliphatic carbocycles. The SMILES string of the molecule is N#Cc1cccc(-c2cn(CC(=O)O)cc2C#N)c1. The molecule has 0 saturated carbocycles. The Balaban J connectivity index is 2.49. The Bertz CT molecular complexity index is 717. The van der Waals surface area contributed by atoms with Crippen molar-refractivity contribution in [3.63, 3.8) is 0 Å². The second-order valence-corrected chi connectivity index (χ2v) is 3.96. The van der Waals surface area contributed by atoms with Gasteiger partial charge in [-0.05, 0) is 17.7 Å². The number of carbonyl (C=O) groups is 1. The quantitative estimate of drug-likeness (QED) is 0.903. The van der Waals surface area contributed by atoms with Gasteiger partial charge in [0.25, 0.3) is 0 Å². The highest BCUT2D eigenvalue weighted by molar-refractivity contribution is 5.72. The molecule has 0 amide bonds. The van der Waals surface area contributed by atoms with Crippen LogP contribution in [-0.4, -0.2) is 15.6 Å². The predicted octanol–water partition coefficient (Wildman–Crippen LogP) is 1.98. The lowest BCUT2D eigenvalue weighted by Gasteiger charge is -1.99. The average molecular weight is 251 g/mol. The maximum absolute atomic E-state index is 10.7. The minimum Gasteiger partial charge on any atom is -0.480 e. The molecule has 92 valence electrons. The second kappa shape index (κ2) is 5.07. The number of benzene rings is 1. The maximum Gasteiger partial charge on any atom is 0.323 e. The Morgan fingerprint density at radius 1 is 1.26 bits per heavy atom. The van der Waals surface area contributed by atoms with Gasteiger partial charge in [0.05, 0.1) is 17.2 Å². The van der Waals surface area contributed by atoms with Gasteiger partial charge < -0.3 is 9.67 Å². The zero-order valence-electron chi connectivity index (χ0n) is 9.87. The van der Waals surface area contributed by atoms with Gasteiger partial charge in [-0.1, -0.05) is 12.1 Å². The molecule has 0 spiro atoms. The molecule has 0 aliphatic heterocycles. The molecule has 0 saturated heterocycles. The highest BCUT2D eigenvalue weighted by Crippen LogP contribution is 2.25. The summed E-state index contributed by atoms with van der Waals surface area (Å²) >= 11 is 0. The smallest absolute Gasteiger partial charge is 0.323 e. The van der Waals surface area contributed by atoms with Crippen molar-refractivity contribution in [2.45, 2.75) is 6.54 Å². The third-order valence-electron chi connectivity index (χ3n) is 2.62. The standard InChI is InChI=1S/C14H9N3O2/c15-5-10-2-1-3-11(4-10)13-8-17(9-14(18)19)7-12(13)6-16/h1-4,7-8H,9H2,(H,18,19). The van der Waals surface area contributed by atoms with E-state index in [1.807, 2.05) is 12.1 Å². The van der Waals surface area contributed by atoms with Gasteiger partial charge in [0.1, 0.15) is 12.6 Å². The van der Waals surface area contributed by atoms with Gasteiger partial charge in [-0.15, -0.1) is 0 Å². The molecule has 5 heteroatoms. The minimum absolute atomic E-state index is 0.202. The van der Waals surface area contributed by atoms with Crippen LogP contribution in [0.15, 0.2) is 36.7 Å². The summed E-state index contributed by atoms with van der Waals surface area (Å²) in [6, 6.07) is 10.9. The summed E-state index contributed by atoms with van der Waals surface area (Å²) in [5, 5.41) is 26.7. The van der Waals surface area contributed by atoms with Crippen LogP contribution in [0.3, 0.4) is 0 Å². The van der Waals surface area contributed by atoms with Gasteiger partial charge in [-0.3, -0.25) is 4.79 Å². The fourth-order valence-corrected chi connectivity index (χ4v) is 1.83. The van der Waals surface area contributed by atoms with Crippen LogP contribution < -0.4 is 0 Å². The molecule has 0 atom stereocenters. The van der Waals surface area contributed by atoms with E-state index in [0.717, 1.165) is 5.56 Å². The molecule has 5 nitrogen and oxygen atoms in total. The number of nitriles is 2. The molecule has 0 radical (unpaired) electrons. The van der Waals surface area contributed by atoms with Crippen molar-refractivity contribution in [2.24, 2.45) is 0 Å². The van der Waals surface area contributed by atoms with Crippen LogP contribution in [-0.2, 0) is 11.3 Å². The van der Waals surface area contributed by atoms with E-state index in [1.165, 1.54) is 10.8 Å². The first-order valence-corrected chi connectivity index (χ1v) is 5.46. The van der Waals surface area contributed by atoms with Crippen LogP contribution in [0.2, 0.25) is 0 Å². The summed E-state index contributed by atoms with van der Waals surface area (Å²) in [6.07, 6.45) is 3.09. The van der Waals surface area contributed by atoms with E-state index in [9.17, 15) is 4.79 Å². The van der Waals surface area contributed by atoms with Crippen molar-refractivity contribution in [3.8, 4) is 23.3 Å². The van der Waals surface area contributed by atoms with E-state index in [4.69, 9.17) is 15.6 Å². The predicted molar refractivity (Wildman–Crippen MR) is 66.9 cm³/mol.